The Balaban J connectivity index is 1.52. The molecular formula is C35H52O11. The van der Waals surface area contributed by atoms with Crippen LogP contribution in [0.2, 0.25) is 0 Å². The van der Waals surface area contributed by atoms with Crippen molar-refractivity contribution in [3.8, 4) is 11.5 Å². The van der Waals surface area contributed by atoms with E-state index in [0.717, 1.165) is 5.56 Å². The number of aromatic hydroxyl groups is 1. The Morgan fingerprint density at radius 3 is 2.41 bits per heavy atom. The molecule has 13 atom stereocenters. The molecule has 0 aromatic heterocycles. The Morgan fingerprint density at radius 1 is 1.15 bits per heavy atom. The van der Waals surface area contributed by atoms with E-state index >= 15 is 0 Å². The molecular weight excluding hydrogens is 596 g/mol. The largest absolute Gasteiger partial charge is 0.504 e. The van der Waals surface area contributed by atoms with Gasteiger partial charge in [-0.3, -0.25) is 4.79 Å². The first-order valence-corrected chi connectivity index (χ1v) is 16.4. The first-order chi connectivity index (χ1) is 21.3. The highest BCUT2D eigenvalue weighted by atomic mass is 16.7. The zero-order valence-electron chi connectivity index (χ0n) is 27.7. The van der Waals surface area contributed by atoms with Crippen molar-refractivity contribution in [2.45, 2.75) is 134 Å². The topological polar surface area (TPSA) is 197 Å². The Labute approximate surface area is 270 Å². The highest BCUT2D eigenvalue weighted by Crippen LogP contribution is 2.72. The van der Waals surface area contributed by atoms with Gasteiger partial charge in [0.05, 0.1) is 29.8 Å². The van der Waals surface area contributed by atoms with Crippen LogP contribution >= 0.6 is 0 Å². The SMILES string of the molecule is C=C(C)[C@H](O)CC[C@](C)(O)[C@@H]1[C@H](O)C[C@@]2(C)[C@@H]3CCc4c(cc(O[C@@H]5O[C@H](CO)[C@@H](O)[C@H](O)[C@@H]5O)c(O)c4C)[C@]3(C)C(=O)C[C@]12C. The van der Waals surface area contributed by atoms with Gasteiger partial charge in [-0.2, -0.15) is 0 Å². The molecule has 11 nitrogen and oxygen atoms in total. The van der Waals surface area contributed by atoms with Gasteiger partial charge in [-0.1, -0.05) is 26.0 Å². The maximum absolute atomic E-state index is 14.6. The van der Waals surface area contributed by atoms with Crippen LogP contribution in [0.3, 0.4) is 0 Å². The van der Waals surface area contributed by atoms with Crippen LogP contribution < -0.4 is 4.74 Å². The van der Waals surface area contributed by atoms with E-state index in [-0.39, 0.29) is 42.5 Å². The molecule has 1 heterocycles. The summed E-state index contributed by atoms with van der Waals surface area (Å²) in [5.41, 5.74) is -1.15. The van der Waals surface area contributed by atoms with Crippen LogP contribution in [-0.4, -0.2) is 102 Å². The molecule has 0 radical (unpaired) electrons. The summed E-state index contributed by atoms with van der Waals surface area (Å²) in [6, 6.07) is 1.59. The summed E-state index contributed by atoms with van der Waals surface area (Å²) in [5, 5.41) is 85.7. The molecule has 1 aromatic carbocycles. The van der Waals surface area contributed by atoms with Gasteiger partial charge in [0.2, 0.25) is 6.29 Å². The number of fused-ring (bicyclic) bond motifs is 5. The third-order valence-corrected chi connectivity index (χ3v) is 12.7. The van der Waals surface area contributed by atoms with Crippen molar-refractivity contribution in [2.24, 2.45) is 22.7 Å². The maximum Gasteiger partial charge on any atom is 0.229 e. The molecule has 3 fully saturated rings. The first-order valence-electron chi connectivity index (χ1n) is 16.4. The number of carbonyl (C=O) groups is 1. The lowest BCUT2D eigenvalue weighted by atomic mass is 9.41. The molecule has 3 aliphatic carbocycles. The summed E-state index contributed by atoms with van der Waals surface area (Å²) in [6.07, 6.45) is -7.17. The molecule has 1 aliphatic heterocycles. The summed E-state index contributed by atoms with van der Waals surface area (Å²) in [5.74, 6) is -1.19. The molecule has 4 aliphatic rings. The monoisotopic (exact) mass is 648 g/mol. The number of Topliss-reactive ketones (excluding diaryl/α,β-unsaturated/α-hetero) is 1. The van der Waals surface area contributed by atoms with E-state index < -0.39 is 77.3 Å². The highest BCUT2D eigenvalue weighted by Gasteiger charge is 2.72. The fourth-order valence-corrected chi connectivity index (χ4v) is 9.91. The van der Waals surface area contributed by atoms with Crippen molar-refractivity contribution in [2.75, 3.05) is 6.61 Å². The van der Waals surface area contributed by atoms with Crippen molar-refractivity contribution >= 4 is 5.78 Å². The average Bonchev–Trinajstić information content (AvgIpc) is 3.19. The minimum atomic E-state index is -1.69. The van der Waals surface area contributed by atoms with Gasteiger partial charge in [-0.25, -0.2) is 0 Å². The number of benzene rings is 1. The van der Waals surface area contributed by atoms with E-state index in [1.165, 1.54) is 0 Å². The van der Waals surface area contributed by atoms with Gasteiger partial charge in [0.1, 0.15) is 30.2 Å². The van der Waals surface area contributed by atoms with E-state index in [4.69, 9.17) is 9.47 Å². The highest BCUT2D eigenvalue weighted by molar-refractivity contribution is 5.93. The molecule has 0 amide bonds. The molecule has 1 saturated heterocycles. The second kappa shape index (κ2) is 11.8. The molecule has 0 bridgehead atoms. The van der Waals surface area contributed by atoms with Crippen LogP contribution in [0.15, 0.2) is 18.2 Å². The van der Waals surface area contributed by atoms with Gasteiger partial charge in [-0.15, -0.1) is 0 Å². The van der Waals surface area contributed by atoms with E-state index in [9.17, 15) is 45.6 Å². The van der Waals surface area contributed by atoms with Gasteiger partial charge >= 0.3 is 0 Å². The number of hydrogen-bond acceptors (Lipinski definition) is 11. The zero-order valence-corrected chi connectivity index (χ0v) is 27.7. The van der Waals surface area contributed by atoms with Gasteiger partial charge in [0, 0.05) is 12.3 Å². The Hall–Kier alpha value is -2.09. The summed E-state index contributed by atoms with van der Waals surface area (Å²) in [7, 11) is 0. The minimum Gasteiger partial charge on any atom is -0.504 e. The fourth-order valence-electron chi connectivity index (χ4n) is 9.91. The molecule has 46 heavy (non-hydrogen) atoms. The second-order valence-corrected chi connectivity index (χ2v) is 15.4. The number of rotatable bonds is 8. The summed E-state index contributed by atoms with van der Waals surface area (Å²) in [4.78, 5) is 14.6. The van der Waals surface area contributed by atoms with Crippen molar-refractivity contribution < 1.29 is 55.1 Å². The van der Waals surface area contributed by atoms with Gasteiger partial charge in [0.15, 0.2) is 11.5 Å². The quantitative estimate of drug-likeness (QED) is 0.190. The molecule has 258 valence electrons. The van der Waals surface area contributed by atoms with Crippen LogP contribution in [0.25, 0.3) is 0 Å². The standard InChI is InChI=1S/C35H52O11/c1-16(2)20(37)10-11-34(6,44)30-21(38)13-32(4)24-9-8-18-17(3)26(40)22(12-19(18)35(24,7)25(39)14-33(30,32)5)45-31-29(43)28(42)27(41)23(15-36)46-31/h12,20-21,23-24,27-31,36-38,40-44H,1,8-11,13-15H2,2-7H3/t20-,21-,23-,24+,27-,28+,29+,30-,31-,32+,33-,34+,35+/m1/s1. The number of aliphatic hydroxyl groups is 7. The van der Waals surface area contributed by atoms with Gasteiger partial charge in [-0.05, 0) is 99.3 Å². The molecule has 2 saturated carbocycles. The van der Waals surface area contributed by atoms with Gasteiger partial charge < -0.3 is 50.3 Å². The molecule has 8 N–H and O–H groups in total. The van der Waals surface area contributed by atoms with Crippen molar-refractivity contribution in [1.82, 2.24) is 0 Å². The summed E-state index contributed by atoms with van der Waals surface area (Å²) >= 11 is 0. The number of ether oxygens (including phenoxy) is 2. The molecule has 0 unspecified atom stereocenters. The Bertz CT molecular complexity index is 1370. The van der Waals surface area contributed by atoms with E-state index in [0.29, 0.717) is 36.0 Å². The fraction of sp³-hybridized carbons (Fsp3) is 0.743. The summed E-state index contributed by atoms with van der Waals surface area (Å²) < 4.78 is 11.4. The smallest absolute Gasteiger partial charge is 0.229 e. The predicted octanol–water partition coefficient (Wildman–Crippen LogP) is 1.53. The zero-order chi connectivity index (χ0) is 34.3. The maximum atomic E-state index is 14.6. The normalized spacial score (nSPS) is 42.4. The first kappa shape index (κ1) is 35.2. The lowest BCUT2D eigenvalue weighted by molar-refractivity contribution is -0.277. The van der Waals surface area contributed by atoms with Gasteiger partial charge in [0.25, 0.3) is 0 Å². The van der Waals surface area contributed by atoms with E-state index in [1.807, 2.05) is 13.8 Å². The Morgan fingerprint density at radius 2 is 1.80 bits per heavy atom. The number of carbonyl (C=O) groups excluding carboxylic acids is 1. The van der Waals surface area contributed by atoms with Crippen LogP contribution in [0, 0.1) is 29.6 Å². The Kier molecular flexibility index (Phi) is 9.04. The van der Waals surface area contributed by atoms with E-state index in [2.05, 4.69) is 13.5 Å². The van der Waals surface area contributed by atoms with Crippen molar-refractivity contribution in [3.05, 3.63) is 34.9 Å². The van der Waals surface area contributed by atoms with Crippen molar-refractivity contribution in [3.63, 3.8) is 0 Å². The second-order valence-electron chi connectivity index (χ2n) is 15.4. The lowest BCUT2D eigenvalue weighted by Gasteiger charge is -2.61. The van der Waals surface area contributed by atoms with Crippen LogP contribution in [-0.2, 0) is 21.4 Å². The van der Waals surface area contributed by atoms with Crippen molar-refractivity contribution in [1.29, 1.82) is 0 Å². The lowest BCUT2D eigenvalue weighted by Crippen LogP contribution is -2.63. The number of phenols is 1. The number of phenolic OH excluding ortho intramolecular Hbond substituents is 1. The number of hydrogen-bond donors (Lipinski definition) is 8. The average molecular weight is 649 g/mol. The predicted molar refractivity (Wildman–Crippen MR) is 167 cm³/mol. The van der Waals surface area contributed by atoms with E-state index in [1.54, 1.807) is 26.8 Å². The van der Waals surface area contributed by atoms with Crippen LogP contribution in [0.5, 0.6) is 11.5 Å². The minimum absolute atomic E-state index is 0.0563. The summed E-state index contributed by atoms with van der Waals surface area (Å²) in [6.45, 7) is 14.3. The molecule has 5 rings (SSSR count). The third kappa shape index (κ3) is 5.05. The number of aliphatic hydroxyl groups excluding tert-OH is 6. The molecule has 0 spiro atoms. The van der Waals surface area contributed by atoms with Crippen LogP contribution in [0.1, 0.15) is 83.4 Å². The third-order valence-electron chi connectivity index (χ3n) is 12.7. The molecule has 11 heteroatoms. The number of ketones is 1. The molecule has 1 aromatic rings. The van der Waals surface area contributed by atoms with Crippen LogP contribution in [0.4, 0.5) is 0 Å².